The van der Waals surface area contributed by atoms with Crippen molar-refractivity contribution in [2.45, 2.75) is 18.8 Å². The summed E-state index contributed by atoms with van der Waals surface area (Å²) in [5, 5.41) is 0.457. The molecule has 0 aliphatic heterocycles. The molecule has 2 rings (SSSR count). The highest BCUT2D eigenvalue weighted by atomic mass is 35.5. The standard InChI is InChI=1S/C15H13ClF3NO/c1-14(20,10-5-4-6-11(16)9-10)12-7-2-3-8-13(12)21-15(17,18)19/h2-9H,20H2,1H3. The third-order valence-corrected chi connectivity index (χ3v) is 3.33. The van der Waals surface area contributed by atoms with Gasteiger partial charge in [-0.15, -0.1) is 13.2 Å². The van der Waals surface area contributed by atoms with Crippen molar-refractivity contribution in [3.8, 4) is 5.75 Å². The number of para-hydroxylation sites is 1. The summed E-state index contributed by atoms with van der Waals surface area (Å²) < 4.78 is 41.5. The fourth-order valence-electron chi connectivity index (χ4n) is 2.08. The van der Waals surface area contributed by atoms with Crippen LogP contribution in [0.25, 0.3) is 0 Å². The molecule has 6 heteroatoms. The van der Waals surface area contributed by atoms with Gasteiger partial charge in [0.1, 0.15) is 5.75 Å². The van der Waals surface area contributed by atoms with Crippen LogP contribution < -0.4 is 10.5 Å². The molecule has 112 valence electrons. The Bertz CT molecular complexity index is 641. The molecule has 0 aliphatic carbocycles. The summed E-state index contributed by atoms with van der Waals surface area (Å²) in [6, 6.07) is 12.5. The van der Waals surface area contributed by atoms with Gasteiger partial charge in [0.25, 0.3) is 0 Å². The lowest BCUT2D eigenvalue weighted by Crippen LogP contribution is -2.35. The Morgan fingerprint density at radius 3 is 2.33 bits per heavy atom. The number of benzene rings is 2. The molecule has 0 aromatic heterocycles. The van der Waals surface area contributed by atoms with Gasteiger partial charge in [-0.3, -0.25) is 0 Å². The maximum atomic E-state index is 12.5. The van der Waals surface area contributed by atoms with Crippen LogP contribution >= 0.6 is 11.6 Å². The second-order valence-electron chi connectivity index (χ2n) is 4.76. The van der Waals surface area contributed by atoms with Crippen molar-refractivity contribution in [3.63, 3.8) is 0 Å². The third kappa shape index (κ3) is 3.68. The van der Waals surface area contributed by atoms with Crippen LogP contribution in [-0.4, -0.2) is 6.36 Å². The minimum Gasteiger partial charge on any atom is -0.405 e. The lowest BCUT2D eigenvalue weighted by atomic mass is 9.85. The van der Waals surface area contributed by atoms with Gasteiger partial charge in [0.05, 0.1) is 5.54 Å². The summed E-state index contributed by atoms with van der Waals surface area (Å²) in [5.74, 6) is -0.324. The molecular formula is C15H13ClF3NO. The van der Waals surface area contributed by atoms with E-state index >= 15 is 0 Å². The molecule has 2 aromatic rings. The Labute approximate surface area is 125 Å². The van der Waals surface area contributed by atoms with Crippen LogP contribution in [0.1, 0.15) is 18.1 Å². The van der Waals surface area contributed by atoms with Crippen molar-refractivity contribution < 1.29 is 17.9 Å². The molecule has 0 fully saturated rings. The summed E-state index contributed by atoms with van der Waals surface area (Å²) in [7, 11) is 0. The van der Waals surface area contributed by atoms with Crippen LogP contribution in [0.5, 0.6) is 5.75 Å². The van der Waals surface area contributed by atoms with E-state index in [2.05, 4.69) is 4.74 Å². The molecule has 0 radical (unpaired) electrons. The summed E-state index contributed by atoms with van der Waals surface area (Å²) in [5.41, 5.74) is 5.89. The van der Waals surface area contributed by atoms with Crippen molar-refractivity contribution in [3.05, 3.63) is 64.7 Å². The number of hydrogen-bond acceptors (Lipinski definition) is 2. The minimum absolute atomic E-state index is 0.226. The van der Waals surface area contributed by atoms with Gasteiger partial charge >= 0.3 is 6.36 Å². The van der Waals surface area contributed by atoms with Crippen LogP contribution in [0.2, 0.25) is 5.02 Å². The smallest absolute Gasteiger partial charge is 0.405 e. The van der Waals surface area contributed by atoms with Gasteiger partial charge in [0.2, 0.25) is 0 Å². The van der Waals surface area contributed by atoms with E-state index in [1.54, 1.807) is 37.3 Å². The van der Waals surface area contributed by atoms with E-state index in [0.29, 0.717) is 10.6 Å². The van der Waals surface area contributed by atoms with Crippen LogP contribution in [0.3, 0.4) is 0 Å². The summed E-state index contributed by atoms with van der Waals surface area (Å²) in [6.45, 7) is 1.61. The van der Waals surface area contributed by atoms with Gasteiger partial charge < -0.3 is 10.5 Å². The Morgan fingerprint density at radius 2 is 1.71 bits per heavy atom. The van der Waals surface area contributed by atoms with Crippen LogP contribution in [0, 0.1) is 0 Å². The molecule has 2 nitrogen and oxygen atoms in total. The first kappa shape index (κ1) is 15.7. The van der Waals surface area contributed by atoms with Crippen LogP contribution in [0.4, 0.5) is 13.2 Å². The summed E-state index contributed by atoms with van der Waals surface area (Å²) in [6.07, 6.45) is -4.78. The predicted octanol–water partition coefficient (Wildman–Crippen LogP) is 4.46. The zero-order valence-electron chi connectivity index (χ0n) is 11.1. The molecule has 0 amide bonds. The Morgan fingerprint density at radius 1 is 1.05 bits per heavy atom. The fourth-order valence-corrected chi connectivity index (χ4v) is 2.27. The summed E-state index contributed by atoms with van der Waals surface area (Å²) in [4.78, 5) is 0. The van der Waals surface area contributed by atoms with Gasteiger partial charge in [0, 0.05) is 10.6 Å². The number of ether oxygens (including phenoxy) is 1. The molecule has 2 N–H and O–H groups in total. The molecule has 1 unspecified atom stereocenters. The second-order valence-corrected chi connectivity index (χ2v) is 5.19. The molecule has 2 aromatic carbocycles. The topological polar surface area (TPSA) is 35.2 Å². The highest BCUT2D eigenvalue weighted by Gasteiger charge is 2.35. The molecule has 0 spiro atoms. The first-order chi connectivity index (χ1) is 9.70. The fraction of sp³-hybridized carbons (Fsp3) is 0.200. The maximum Gasteiger partial charge on any atom is 0.573 e. The van der Waals surface area contributed by atoms with Gasteiger partial charge in [-0.1, -0.05) is 41.9 Å². The monoisotopic (exact) mass is 315 g/mol. The minimum atomic E-state index is -4.78. The van der Waals surface area contributed by atoms with E-state index in [-0.39, 0.29) is 11.3 Å². The molecule has 21 heavy (non-hydrogen) atoms. The van der Waals surface area contributed by atoms with Crippen LogP contribution in [-0.2, 0) is 5.54 Å². The second kappa shape index (κ2) is 5.58. The number of hydrogen-bond donors (Lipinski definition) is 1. The number of nitrogens with two attached hydrogens (primary N) is 1. The third-order valence-electron chi connectivity index (χ3n) is 3.10. The van der Waals surface area contributed by atoms with Crippen molar-refractivity contribution >= 4 is 11.6 Å². The molecular weight excluding hydrogens is 303 g/mol. The van der Waals surface area contributed by atoms with Gasteiger partial charge in [-0.05, 0) is 30.7 Å². The van der Waals surface area contributed by atoms with Gasteiger partial charge in [0.15, 0.2) is 0 Å². The van der Waals surface area contributed by atoms with Crippen molar-refractivity contribution in [2.75, 3.05) is 0 Å². The van der Waals surface area contributed by atoms with Gasteiger partial charge in [-0.25, -0.2) is 0 Å². The van der Waals surface area contributed by atoms with Crippen molar-refractivity contribution in [1.82, 2.24) is 0 Å². The average molecular weight is 316 g/mol. The highest BCUT2D eigenvalue weighted by Crippen LogP contribution is 2.36. The van der Waals surface area contributed by atoms with E-state index in [0.717, 1.165) is 0 Å². The number of halogens is 4. The van der Waals surface area contributed by atoms with Crippen molar-refractivity contribution in [1.29, 1.82) is 0 Å². The molecule has 1 atom stereocenters. The largest absolute Gasteiger partial charge is 0.573 e. The van der Waals surface area contributed by atoms with E-state index < -0.39 is 11.9 Å². The SMILES string of the molecule is CC(N)(c1cccc(Cl)c1)c1ccccc1OC(F)(F)F. The first-order valence-corrected chi connectivity index (χ1v) is 6.48. The Balaban J connectivity index is 2.50. The lowest BCUT2D eigenvalue weighted by Gasteiger charge is -2.28. The zero-order chi connectivity index (χ0) is 15.7. The average Bonchev–Trinajstić information content (AvgIpc) is 2.37. The number of rotatable bonds is 3. The Hall–Kier alpha value is -1.72. The molecule has 0 aliphatic rings. The summed E-state index contributed by atoms with van der Waals surface area (Å²) >= 11 is 5.92. The van der Waals surface area contributed by atoms with E-state index in [1.807, 2.05) is 0 Å². The molecule has 0 saturated heterocycles. The van der Waals surface area contributed by atoms with E-state index in [1.165, 1.54) is 18.2 Å². The molecule has 0 bridgehead atoms. The maximum absolute atomic E-state index is 12.5. The first-order valence-electron chi connectivity index (χ1n) is 6.10. The Kier molecular flexibility index (Phi) is 4.16. The number of alkyl halides is 3. The van der Waals surface area contributed by atoms with Gasteiger partial charge in [-0.2, -0.15) is 0 Å². The van der Waals surface area contributed by atoms with E-state index in [4.69, 9.17) is 17.3 Å². The predicted molar refractivity (Wildman–Crippen MR) is 75.2 cm³/mol. The normalized spacial score (nSPS) is 14.6. The lowest BCUT2D eigenvalue weighted by molar-refractivity contribution is -0.275. The quantitative estimate of drug-likeness (QED) is 0.907. The zero-order valence-corrected chi connectivity index (χ0v) is 11.9. The highest BCUT2D eigenvalue weighted by molar-refractivity contribution is 6.30. The molecule has 0 heterocycles. The molecule has 0 saturated carbocycles. The van der Waals surface area contributed by atoms with Crippen LogP contribution in [0.15, 0.2) is 48.5 Å². The van der Waals surface area contributed by atoms with E-state index in [9.17, 15) is 13.2 Å². The van der Waals surface area contributed by atoms with Crippen molar-refractivity contribution in [2.24, 2.45) is 5.73 Å².